The molecule has 0 radical (unpaired) electrons. The Hall–Kier alpha value is -1.06. The predicted octanol–water partition coefficient (Wildman–Crippen LogP) is 2.71. The minimum absolute atomic E-state index is 0.155. The number of rotatable bonds is 5. The monoisotopic (exact) mass is 248 g/mol. The highest BCUT2D eigenvalue weighted by Crippen LogP contribution is 2.21. The van der Waals surface area contributed by atoms with E-state index in [2.05, 4.69) is 43.1 Å². The molecule has 0 spiro atoms. The molecule has 1 fully saturated rings. The summed E-state index contributed by atoms with van der Waals surface area (Å²) in [6, 6.07) is 8.73. The highest BCUT2D eigenvalue weighted by Gasteiger charge is 2.17. The molecule has 2 N–H and O–H groups in total. The van der Waals surface area contributed by atoms with Gasteiger partial charge in [0.15, 0.2) is 0 Å². The molecular formula is C15H24N2O. The van der Waals surface area contributed by atoms with Crippen LogP contribution >= 0.6 is 0 Å². The quantitative estimate of drug-likeness (QED) is 0.870. The van der Waals surface area contributed by atoms with Crippen LogP contribution in [0.15, 0.2) is 24.3 Å². The summed E-state index contributed by atoms with van der Waals surface area (Å²) in [6.45, 7) is 4.00. The first-order valence-corrected chi connectivity index (χ1v) is 6.89. The van der Waals surface area contributed by atoms with E-state index in [-0.39, 0.29) is 6.04 Å². The smallest absolute Gasteiger partial charge is 0.0750 e. The van der Waals surface area contributed by atoms with Crippen LogP contribution in [0.1, 0.15) is 37.8 Å². The molecule has 0 aromatic heterocycles. The zero-order valence-electron chi connectivity index (χ0n) is 11.4. The van der Waals surface area contributed by atoms with Crippen molar-refractivity contribution < 1.29 is 4.74 Å². The van der Waals surface area contributed by atoms with E-state index in [9.17, 15) is 0 Å². The summed E-state index contributed by atoms with van der Waals surface area (Å²) >= 11 is 0. The van der Waals surface area contributed by atoms with Gasteiger partial charge in [-0.15, -0.1) is 0 Å². The largest absolute Gasteiger partial charge is 0.376 e. The Balaban J connectivity index is 1.95. The molecule has 100 valence electrons. The first kappa shape index (κ1) is 13.4. The van der Waals surface area contributed by atoms with Gasteiger partial charge in [0.1, 0.15) is 0 Å². The minimum Gasteiger partial charge on any atom is -0.376 e. The summed E-state index contributed by atoms with van der Waals surface area (Å²) in [5.41, 5.74) is 8.47. The van der Waals surface area contributed by atoms with Crippen LogP contribution in [0.25, 0.3) is 0 Å². The van der Waals surface area contributed by atoms with E-state index in [1.54, 1.807) is 0 Å². The highest BCUT2D eigenvalue weighted by molar-refractivity contribution is 5.47. The SMILES string of the molecule is CCC(N)c1ccc(N(C)CC2CCCO2)cc1. The van der Waals surface area contributed by atoms with Gasteiger partial charge in [0, 0.05) is 31.9 Å². The van der Waals surface area contributed by atoms with Crippen molar-refractivity contribution in [2.75, 3.05) is 25.1 Å². The van der Waals surface area contributed by atoms with E-state index in [1.807, 2.05) is 0 Å². The first-order valence-electron chi connectivity index (χ1n) is 6.89. The number of benzene rings is 1. The minimum atomic E-state index is 0.155. The van der Waals surface area contributed by atoms with Gasteiger partial charge in [-0.2, -0.15) is 0 Å². The van der Waals surface area contributed by atoms with Crippen molar-refractivity contribution in [1.82, 2.24) is 0 Å². The lowest BCUT2D eigenvalue weighted by Crippen LogP contribution is -2.28. The number of likely N-dealkylation sites (N-methyl/N-ethyl adjacent to an activating group) is 1. The standard InChI is InChI=1S/C15H24N2O/c1-3-15(16)12-6-8-13(9-7-12)17(2)11-14-5-4-10-18-14/h6-9,14-15H,3-5,10-11,16H2,1-2H3. The molecule has 0 amide bonds. The van der Waals surface area contributed by atoms with E-state index in [4.69, 9.17) is 10.5 Å². The van der Waals surface area contributed by atoms with Crippen LogP contribution in [-0.2, 0) is 4.74 Å². The molecule has 1 saturated heterocycles. The molecule has 18 heavy (non-hydrogen) atoms. The lowest BCUT2D eigenvalue weighted by atomic mass is 10.1. The van der Waals surface area contributed by atoms with Gasteiger partial charge in [-0.05, 0) is 37.0 Å². The molecule has 1 heterocycles. The summed E-state index contributed by atoms with van der Waals surface area (Å²) < 4.78 is 5.66. The van der Waals surface area contributed by atoms with Crippen molar-refractivity contribution in [1.29, 1.82) is 0 Å². The average molecular weight is 248 g/mol. The average Bonchev–Trinajstić information content (AvgIpc) is 2.91. The summed E-state index contributed by atoms with van der Waals surface area (Å²) in [4.78, 5) is 2.26. The highest BCUT2D eigenvalue weighted by atomic mass is 16.5. The van der Waals surface area contributed by atoms with Crippen LogP contribution < -0.4 is 10.6 Å². The number of nitrogens with zero attached hydrogens (tertiary/aromatic N) is 1. The van der Waals surface area contributed by atoms with Gasteiger partial charge in [0.25, 0.3) is 0 Å². The topological polar surface area (TPSA) is 38.5 Å². The second-order valence-corrected chi connectivity index (χ2v) is 5.12. The molecule has 0 aliphatic carbocycles. The predicted molar refractivity (Wildman–Crippen MR) is 75.9 cm³/mol. The molecule has 2 atom stereocenters. The normalized spacial score (nSPS) is 20.9. The van der Waals surface area contributed by atoms with Crippen LogP contribution in [-0.4, -0.2) is 26.3 Å². The van der Waals surface area contributed by atoms with Gasteiger partial charge in [0.05, 0.1) is 6.10 Å². The van der Waals surface area contributed by atoms with Crippen molar-refractivity contribution in [2.24, 2.45) is 5.73 Å². The van der Waals surface area contributed by atoms with Gasteiger partial charge in [-0.3, -0.25) is 0 Å². The Morgan fingerprint density at radius 3 is 2.67 bits per heavy atom. The summed E-state index contributed by atoms with van der Waals surface area (Å²) in [5, 5.41) is 0. The van der Waals surface area contributed by atoms with E-state index in [1.165, 1.54) is 24.1 Å². The summed E-state index contributed by atoms with van der Waals surface area (Å²) in [7, 11) is 2.12. The number of hydrogen-bond acceptors (Lipinski definition) is 3. The van der Waals surface area contributed by atoms with Gasteiger partial charge in [-0.1, -0.05) is 19.1 Å². The summed E-state index contributed by atoms with van der Waals surface area (Å²) in [5.74, 6) is 0. The van der Waals surface area contributed by atoms with Gasteiger partial charge >= 0.3 is 0 Å². The van der Waals surface area contributed by atoms with Crippen LogP contribution in [0.5, 0.6) is 0 Å². The molecule has 1 aliphatic rings. The molecule has 0 bridgehead atoms. The molecule has 1 aliphatic heterocycles. The lowest BCUT2D eigenvalue weighted by molar-refractivity contribution is 0.116. The molecule has 1 aromatic rings. The number of hydrogen-bond donors (Lipinski definition) is 1. The van der Waals surface area contributed by atoms with E-state index in [0.29, 0.717) is 6.10 Å². The molecule has 3 nitrogen and oxygen atoms in total. The molecule has 2 rings (SSSR count). The molecular weight excluding hydrogens is 224 g/mol. The van der Waals surface area contributed by atoms with Crippen molar-refractivity contribution in [3.63, 3.8) is 0 Å². The molecule has 0 saturated carbocycles. The fraction of sp³-hybridized carbons (Fsp3) is 0.600. The van der Waals surface area contributed by atoms with Crippen molar-refractivity contribution in [2.45, 2.75) is 38.3 Å². The third kappa shape index (κ3) is 3.24. The van der Waals surface area contributed by atoms with Gasteiger partial charge in [0.2, 0.25) is 0 Å². The Labute approximate surface area is 110 Å². The first-order chi connectivity index (χ1) is 8.70. The zero-order valence-corrected chi connectivity index (χ0v) is 11.4. The Morgan fingerprint density at radius 2 is 2.11 bits per heavy atom. The van der Waals surface area contributed by atoms with E-state index >= 15 is 0 Å². The maximum absolute atomic E-state index is 6.02. The second-order valence-electron chi connectivity index (χ2n) is 5.12. The number of ether oxygens (including phenoxy) is 1. The molecule has 2 unspecified atom stereocenters. The van der Waals surface area contributed by atoms with Crippen LogP contribution in [0.3, 0.4) is 0 Å². The van der Waals surface area contributed by atoms with Crippen molar-refractivity contribution >= 4 is 5.69 Å². The molecule has 3 heteroatoms. The Morgan fingerprint density at radius 1 is 1.39 bits per heavy atom. The van der Waals surface area contributed by atoms with Crippen LogP contribution in [0.4, 0.5) is 5.69 Å². The summed E-state index contributed by atoms with van der Waals surface area (Å²) in [6.07, 6.45) is 3.75. The van der Waals surface area contributed by atoms with Gasteiger partial charge < -0.3 is 15.4 Å². The van der Waals surface area contributed by atoms with Gasteiger partial charge in [-0.25, -0.2) is 0 Å². The van der Waals surface area contributed by atoms with Crippen molar-refractivity contribution in [3.05, 3.63) is 29.8 Å². The third-order valence-electron chi connectivity index (χ3n) is 3.70. The number of anilines is 1. The lowest BCUT2D eigenvalue weighted by Gasteiger charge is -2.23. The van der Waals surface area contributed by atoms with Crippen molar-refractivity contribution in [3.8, 4) is 0 Å². The Kier molecular flexibility index (Phi) is 4.61. The molecule has 1 aromatic carbocycles. The van der Waals surface area contributed by atoms with Crippen LogP contribution in [0, 0.1) is 0 Å². The Bertz CT molecular complexity index is 357. The number of nitrogens with two attached hydrogens (primary N) is 1. The van der Waals surface area contributed by atoms with Crippen LogP contribution in [0.2, 0.25) is 0 Å². The second kappa shape index (κ2) is 6.21. The van der Waals surface area contributed by atoms with E-state index in [0.717, 1.165) is 19.6 Å². The maximum Gasteiger partial charge on any atom is 0.0750 e. The third-order valence-corrected chi connectivity index (χ3v) is 3.70. The van der Waals surface area contributed by atoms with E-state index < -0.39 is 0 Å². The zero-order chi connectivity index (χ0) is 13.0. The maximum atomic E-state index is 6.02. The fourth-order valence-electron chi connectivity index (χ4n) is 2.41. The fourth-order valence-corrected chi connectivity index (χ4v) is 2.41.